The van der Waals surface area contributed by atoms with Gasteiger partial charge in [0, 0.05) is 12.9 Å². The number of aliphatic imine (C=N–C) groups is 1. The van der Waals surface area contributed by atoms with E-state index in [0.29, 0.717) is 18.1 Å². The number of alkyl halides is 1. The number of hydrogen-bond acceptors (Lipinski definition) is 5. The third kappa shape index (κ3) is 5.48. The fourth-order valence-corrected chi connectivity index (χ4v) is 4.04. The number of halogens is 1. The maximum Gasteiger partial charge on any atom is 0.281 e. The second-order valence-corrected chi connectivity index (χ2v) is 9.09. The monoisotopic (exact) mass is 480 g/mol. The zero-order valence-electron chi connectivity index (χ0n) is 19.6. The highest BCUT2D eigenvalue weighted by Crippen LogP contribution is 2.41. The Bertz CT molecular complexity index is 1270. The zero-order chi connectivity index (χ0) is 24.2. The van der Waals surface area contributed by atoms with E-state index < -0.39 is 5.56 Å². The predicted molar refractivity (Wildman–Crippen MR) is 134 cm³/mol. The Morgan fingerprint density at radius 2 is 2.06 bits per heavy atom. The molecule has 1 atom stereocenters. The van der Waals surface area contributed by atoms with Crippen molar-refractivity contribution >= 4 is 17.4 Å². The Kier molecular flexibility index (Phi) is 7.34. The highest BCUT2D eigenvalue weighted by Gasteiger charge is 2.24. The minimum atomic E-state index is -0.448. The van der Waals surface area contributed by atoms with Crippen LogP contribution >= 0.6 is 11.6 Å². The Labute approximate surface area is 204 Å². The van der Waals surface area contributed by atoms with Gasteiger partial charge in [-0.25, -0.2) is 4.68 Å². The number of rotatable bonds is 8. The van der Waals surface area contributed by atoms with E-state index in [1.54, 1.807) is 0 Å². The lowest BCUT2D eigenvalue weighted by molar-refractivity contribution is 0.233. The highest BCUT2D eigenvalue weighted by atomic mass is 35.5. The molecule has 1 saturated carbocycles. The van der Waals surface area contributed by atoms with Crippen molar-refractivity contribution in [1.29, 1.82) is 0 Å². The van der Waals surface area contributed by atoms with Crippen LogP contribution < -0.4 is 15.8 Å². The average molecular weight is 481 g/mol. The van der Waals surface area contributed by atoms with Gasteiger partial charge >= 0.3 is 0 Å². The van der Waals surface area contributed by atoms with Gasteiger partial charge in [-0.15, -0.1) is 11.6 Å². The maximum atomic E-state index is 13.0. The van der Waals surface area contributed by atoms with E-state index >= 15 is 0 Å². The number of nitrogens with zero attached hydrogens (tertiary/aromatic N) is 3. The summed E-state index contributed by atoms with van der Waals surface area (Å²) >= 11 is 6.23. The molecule has 8 heteroatoms. The molecule has 0 saturated heterocycles. The van der Waals surface area contributed by atoms with E-state index in [1.165, 1.54) is 47.5 Å². The summed E-state index contributed by atoms with van der Waals surface area (Å²) in [7, 11) is 1.53. The van der Waals surface area contributed by atoms with E-state index in [-0.39, 0.29) is 29.1 Å². The molecule has 2 aromatic carbocycles. The number of ether oxygens (including phenoxy) is 1. The first-order valence-electron chi connectivity index (χ1n) is 11.3. The van der Waals surface area contributed by atoms with Crippen molar-refractivity contribution in [2.75, 3.05) is 5.88 Å². The van der Waals surface area contributed by atoms with Crippen LogP contribution in [0, 0.1) is 13.8 Å². The molecule has 0 radical (unpaired) electrons. The molecule has 1 aromatic heterocycles. The molecule has 7 nitrogen and oxygen atoms in total. The molecule has 0 spiro atoms. The van der Waals surface area contributed by atoms with Gasteiger partial charge in [-0.05, 0) is 73.4 Å². The molecule has 178 valence electrons. The van der Waals surface area contributed by atoms with Gasteiger partial charge in [-0.1, -0.05) is 30.3 Å². The molecule has 34 heavy (non-hydrogen) atoms. The van der Waals surface area contributed by atoms with Gasteiger partial charge in [0.15, 0.2) is 11.6 Å². The lowest BCUT2D eigenvalue weighted by Gasteiger charge is -2.16. The van der Waals surface area contributed by atoms with Crippen molar-refractivity contribution in [3.63, 3.8) is 0 Å². The predicted octanol–water partition coefficient (Wildman–Crippen LogP) is 4.64. The molecular weight excluding hydrogens is 452 g/mol. The second-order valence-electron chi connectivity index (χ2n) is 8.78. The summed E-state index contributed by atoms with van der Waals surface area (Å²) in [5.41, 5.74) is 6.41. The van der Waals surface area contributed by atoms with Gasteiger partial charge in [0.05, 0.1) is 12.2 Å². The zero-order valence-corrected chi connectivity index (χ0v) is 20.3. The molecule has 1 heterocycles. The molecule has 3 aromatic rings. The summed E-state index contributed by atoms with van der Waals surface area (Å²) in [6.45, 7) is 4.12. The summed E-state index contributed by atoms with van der Waals surface area (Å²) in [4.78, 5) is 17.6. The SMILES string of the molecule is Cc1ccc(C[C@H](CCl)N=C(NO)c2c(Oc3cccc(C4CC4)c3)cnn(C)c2=O)cc1C. The quantitative estimate of drug-likeness (QED) is 0.212. The number of hydroxylamine groups is 1. The summed E-state index contributed by atoms with van der Waals surface area (Å²) in [5, 5.41) is 14.0. The van der Waals surface area contributed by atoms with E-state index in [9.17, 15) is 10.0 Å². The number of benzene rings is 2. The summed E-state index contributed by atoms with van der Waals surface area (Å²) < 4.78 is 7.24. The molecule has 0 unspecified atom stereocenters. The van der Waals surface area contributed by atoms with Gasteiger partial charge in [0.25, 0.3) is 5.56 Å². The summed E-state index contributed by atoms with van der Waals surface area (Å²) in [5.74, 6) is 1.57. The first kappa shape index (κ1) is 24.0. The summed E-state index contributed by atoms with van der Waals surface area (Å²) in [6, 6.07) is 13.6. The van der Waals surface area contributed by atoms with E-state index in [1.807, 2.05) is 24.3 Å². The van der Waals surface area contributed by atoms with Gasteiger partial charge in [-0.2, -0.15) is 5.10 Å². The van der Waals surface area contributed by atoms with Gasteiger partial charge < -0.3 is 4.74 Å². The Balaban J connectivity index is 1.67. The highest BCUT2D eigenvalue weighted by molar-refractivity contribution is 6.18. The van der Waals surface area contributed by atoms with Crippen LogP contribution in [0.15, 0.2) is 58.4 Å². The molecule has 2 N–H and O–H groups in total. The lowest BCUT2D eigenvalue weighted by Crippen LogP contribution is -2.34. The Morgan fingerprint density at radius 3 is 2.74 bits per heavy atom. The number of aryl methyl sites for hydroxylation is 3. The van der Waals surface area contributed by atoms with Crippen molar-refractivity contribution in [2.45, 2.75) is 45.1 Å². The second kappa shape index (κ2) is 10.4. The van der Waals surface area contributed by atoms with Gasteiger partial charge in [0.1, 0.15) is 11.3 Å². The third-order valence-corrected chi connectivity index (χ3v) is 6.47. The number of aromatic nitrogens is 2. The smallest absolute Gasteiger partial charge is 0.281 e. The fraction of sp³-hybridized carbons (Fsp3) is 0.346. The minimum Gasteiger partial charge on any atom is -0.455 e. The van der Waals surface area contributed by atoms with Crippen LogP contribution in [-0.2, 0) is 13.5 Å². The first-order valence-corrected chi connectivity index (χ1v) is 11.9. The lowest BCUT2D eigenvalue weighted by atomic mass is 10.0. The largest absolute Gasteiger partial charge is 0.455 e. The normalized spacial score (nSPS) is 14.7. The van der Waals surface area contributed by atoms with Crippen molar-refractivity contribution in [1.82, 2.24) is 15.3 Å². The molecule has 1 aliphatic carbocycles. The van der Waals surface area contributed by atoms with Crippen LogP contribution in [0.3, 0.4) is 0 Å². The van der Waals surface area contributed by atoms with E-state index in [4.69, 9.17) is 16.3 Å². The maximum absolute atomic E-state index is 13.0. The third-order valence-electron chi connectivity index (χ3n) is 6.11. The van der Waals surface area contributed by atoms with Gasteiger partial charge in [0.2, 0.25) is 0 Å². The number of hydrogen-bond donors (Lipinski definition) is 2. The van der Waals surface area contributed by atoms with Crippen molar-refractivity contribution in [2.24, 2.45) is 12.0 Å². The fourth-order valence-electron chi connectivity index (χ4n) is 3.86. The van der Waals surface area contributed by atoms with E-state index in [0.717, 1.165) is 5.56 Å². The first-order chi connectivity index (χ1) is 16.4. The van der Waals surface area contributed by atoms with Gasteiger partial charge in [-0.3, -0.25) is 20.5 Å². The summed E-state index contributed by atoms with van der Waals surface area (Å²) in [6.07, 6.45) is 4.36. The van der Waals surface area contributed by atoms with Crippen LogP contribution in [0.4, 0.5) is 0 Å². The molecular formula is C26H29ClN4O3. The van der Waals surface area contributed by atoms with E-state index in [2.05, 4.69) is 47.6 Å². The van der Waals surface area contributed by atoms with Crippen LogP contribution in [0.1, 0.15) is 46.6 Å². The van der Waals surface area contributed by atoms with Crippen LogP contribution in [0.5, 0.6) is 11.5 Å². The van der Waals surface area contributed by atoms with Crippen LogP contribution in [-0.4, -0.2) is 32.7 Å². The van der Waals surface area contributed by atoms with Crippen molar-refractivity contribution < 1.29 is 9.94 Å². The minimum absolute atomic E-state index is 0.00849. The molecule has 0 bridgehead atoms. The molecule has 1 aliphatic rings. The molecule has 0 aliphatic heterocycles. The van der Waals surface area contributed by atoms with Crippen LogP contribution in [0.25, 0.3) is 0 Å². The molecule has 0 amide bonds. The Morgan fingerprint density at radius 1 is 1.26 bits per heavy atom. The number of amidine groups is 1. The van der Waals surface area contributed by atoms with Crippen LogP contribution in [0.2, 0.25) is 0 Å². The number of nitrogens with one attached hydrogen (secondary N) is 1. The molecule has 1 fully saturated rings. The standard InChI is InChI=1S/C26H29ClN4O3/c1-16-7-8-18(11-17(16)2)12-21(14-27)29-25(30-33)24-23(15-28-31(3)26(24)32)34-22-6-4-5-20(13-22)19-9-10-19/h4-8,11,13,15,19,21,33H,9-10,12,14H2,1-3H3,(H,29,30)/t21-/m1/s1. The molecule has 4 rings (SSSR count). The Hall–Kier alpha value is -3.16. The topological polar surface area (TPSA) is 88.7 Å². The van der Waals surface area contributed by atoms with Crippen molar-refractivity contribution in [3.8, 4) is 11.5 Å². The van der Waals surface area contributed by atoms with Crippen molar-refractivity contribution in [3.05, 3.63) is 86.8 Å². The average Bonchev–Trinajstić information content (AvgIpc) is 3.68.